The standard InChI is InChI=1S/C14H18/c1-3-13-11(2)9-10-14(13)12-7-5-4-6-8-12/h3-8,11,14H,9-10H2,1-2H3/b13-3-. The van der Waals surface area contributed by atoms with Gasteiger partial charge >= 0.3 is 0 Å². The van der Waals surface area contributed by atoms with Crippen LogP contribution >= 0.6 is 0 Å². The Bertz CT molecular complexity index is 321. The van der Waals surface area contributed by atoms with E-state index in [1.807, 2.05) is 0 Å². The lowest BCUT2D eigenvalue weighted by molar-refractivity contribution is 0.692. The second-order valence-electron chi connectivity index (χ2n) is 4.23. The van der Waals surface area contributed by atoms with Gasteiger partial charge in [-0.1, -0.05) is 48.9 Å². The molecule has 1 saturated carbocycles. The van der Waals surface area contributed by atoms with Gasteiger partial charge < -0.3 is 0 Å². The van der Waals surface area contributed by atoms with Gasteiger partial charge in [0.25, 0.3) is 0 Å². The number of benzene rings is 1. The predicted molar refractivity (Wildman–Crippen MR) is 61.3 cm³/mol. The van der Waals surface area contributed by atoms with Gasteiger partial charge in [-0.25, -0.2) is 0 Å². The number of hydrogen-bond donors (Lipinski definition) is 0. The van der Waals surface area contributed by atoms with Crippen LogP contribution in [0.4, 0.5) is 0 Å². The molecule has 2 atom stereocenters. The minimum Gasteiger partial charge on any atom is -0.0876 e. The molecular weight excluding hydrogens is 168 g/mol. The highest BCUT2D eigenvalue weighted by Crippen LogP contribution is 2.42. The first-order valence-electron chi connectivity index (χ1n) is 5.54. The molecule has 0 nitrogen and oxygen atoms in total. The van der Waals surface area contributed by atoms with Crippen molar-refractivity contribution in [2.45, 2.75) is 32.6 Å². The van der Waals surface area contributed by atoms with E-state index >= 15 is 0 Å². The van der Waals surface area contributed by atoms with Crippen molar-refractivity contribution in [3.63, 3.8) is 0 Å². The number of rotatable bonds is 1. The van der Waals surface area contributed by atoms with Crippen LogP contribution in [0.15, 0.2) is 42.0 Å². The van der Waals surface area contributed by atoms with Gasteiger partial charge in [-0.2, -0.15) is 0 Å². The maximum atomic E-state index is 2.35. The zero-order valence-electron chi connectivity index (χ0n) is 9.03. The maximum absolute atomic E-state index is 2.35. The first-order chi connectivity index (χ1) is 6.83. The molecule has 0 heteroatoms. The fourth-order valence-corrected chi connectivity index (χ4v) is 2.62. The summed E-state index contributed by atoms with van der Waals surface area (Å²) in [6, 6.07) is 10.9. The molecule has 0 aliphatic heterocycles. The Hall–Kier alpha value is -1.04. The van der Waals surface area contributed by atoms with E-state index in [0.717, 1.165) is 5.92 Å². The predicted octanol–water partition coefficient (Wildman–Crippen LogP) is 4.15. The van der Waals surface area contributed by atoms with Crippen LogP contribution in [0.5, 0.6) is 0 Å². The van der Waals surface area contributed by atoms with Crippen LogP contribution in [0.1, 0.15) is 38.2 Å². The van der Waals surface area contributed by atoms with E-state index in [0.29, 0.717) is 5.92 Å². The molecule has 0 spiro atoms. The van der Waals surface area contributed by atoms with Crippen molar-refractivity contribution >= 4 is 0 Å². The second-order valence-corrected chi connectivity index (χ2v) is 4.23. The molecule has 1 aromatic rings. The molecule has 2 unspecified atom stereocenters. The summed E-state index contributed by atoms with van der Waals surface area (Å²) in [5.74, 6) is 1.47. The summed E-state index contributed by atoms with van der Waals surface area (Å²) < 4.78 is 0. The van der Waals surface area contributed by atoms with Gasteiger partial charge in [0.05, 0.1) is 0 Å². The summed E-state index contributed by atoms with van der Waals surface area (Å²) in [4.78, 5) is 0. The molecule has 1 fully saturated rings. The van der Waals surface area contributed by atoms with Crippen molar-refractivity contribution in [3.8, 4) is 0 Å². The lowest BCUT2D eigenvalue weighted by Gasteiger charge is -2.14. The van der Waals surface area contributed by atoms with Gasteiger partial charge in [-0.05, 0) is 31.2 Å². The normalized spacial score (nSPS) is 29.7. The molecule has 14 heavy (non-hydrogen) atoms. The van der Waals surface area contributed by atoms with Gasteiger partial charge in [-0.15, -0.1) is 0 Å². The maximum Gasteiger partial charge on any atom is 0.00509 e. The zero-order chi connectivity index (χ0) is 9.97. The fraction of sp³-hybridized carbons (Fsp3) is 0.429. The molecule has 74 valence electrons. The van der Waals surface area contributed by atoms with Crippen LogP contribution in [-0.2, 0) is 0 Å². The number of allylic oxidation sites excluding steroid dienone is 2. The van der Waals surface area contributed by atoms with E-state index in [2.05, 4.69) is 50.3 Å². The van der Waals surface area contributed by atoms with Crippen LogP contribution in [-0.4, -0.2) is 0 Å². The average molecular weight is 186 g/mol. The minimum atomic E-state index is 0.691. The Kier molecular flexibility index (Phi) is 2.72. The van der Waals surface area contributed by atoms with Crippen LogP contribution in [0.25, 0.3) is 0 Å². The SMILES string of the molecule is C/C=C1/C(C)CCC1c1ccccc1. The van der Waals surface area contributed by atoms with E-state index in [9.17, 15) is 0 Å². The Morgan fingerprint density at radius 1 is 1.14 bits per heavy atom. The molecule has 0 aromatic heterocycles. The largest absolute Gasteiger partial charge is 0.0876 e. The molecule has 0 saturated heterocycles. The van der Waals surface area contributed by atoms with Gasteiger partial charge in [0.1, 0.15) is 0 Å². The van der Waals surface area contributed by atoms with Crippen LogP contribution in [0.3, 0.4) is 0 Å². The van der Waals surface area contributed by atoms with Gasteiger partial charge in [0, 0.05) is 5.92 Å². The molecule has 2 rings (SSSR count). The molecule has 0 amide bonds. The number of hydrogen-bond acceptors (Lipinski definition) is 0. The van der Waals surface area contributed by atoms with Crippen LogP contribution in [0, 0.1) is 5.92 Å². The first-order valence-corrected chi connectivity index (χ1v) is 5.54. The summed E-state index contributed by atoms with van der Waals surface area (Å²) in [6.45, 7) is 4.52. The van der Waals surface area contributed by atoms with Crippen molar-refractivity contribution in [2.75, 3.05) is 0 Å². The third kappa shape index (κ3) is 1.61. The first kappa shape index (κ1) is 9.51. The Morgan fingerprint density at radius 3 is 2.50 bits per heavy atom. The highest BCUT2D eigenvalue weighted by Gasteiger charge is 2.27. The van der Waals surface area contributed by atoms with Gasteiger partial charge in [-0.3, -0.25) is 0 Å². The molecule has 1 aliphatic rings. The quantitative estimate of drug-likeness (QED) is 0.578. The molecule has 0 heterocycles. The van der Waals surface area contributed by atoms with E-state index in [1.54, 1.807) is 5.57 Å². The lowest BCUT2D eigenvalue weighted by atomic mass is 9.91. The molecular formula is C14H18. The second kappa shape index (κ2) is 4.00. The van der Waals surface area contributed by atoms with Crippen molar-refractivity contribution in [3.05, 3.63) is 47.5 Å². The van der Waals surface area contributed by atoms with E-state index in [1.165, 1.54) is 18.4 Å². The highest BCUT2D eigenvalue weighted by atomic mass is 14.3. The summed E-state index contributed by atoms with van der Waals surface area (Å²) >= 11 is 0. The van der Waals surface area contributed by atoms with Crippen molar-refractivity contribution in [1.82, 2.24) is 0 Å². The summed E-state index contributed by atoms with van der Waals surface area (Å²) in [6.07, 6.45) is 4.99. The molecule has 1 aliphatic carbocycles. The van der Waals surface area contributed by atoms with Gasteiger partial charge in [0.2, 0.25) is 0 Å². The minimum absolute atomic E-state index is 0.691. The summed E-state index contributed by atoms with van der Waals surface area (Å²) in [7, 11) is 0. The molecule has 1 aromatic carbocycles. The lowest BCUT2D eigenvalue weighted by Crippen LogP contribution is -1.98. The molecule has 0 bridgehead atoms. The van der Waals surface area contributed by atoms with Crippen LogP contribution in [0.2, 0.25) is 0 Å². The third-order valence-corrected chi connectivity index (χ3v) is 3.40. The average Bonchev–Trinajstić information content (AvgIpc) is 2.61. The van der Waals surface area contributed by atoms with Gasteiger partial charge in [0.15, 0.2) is 0 Å². The highest BCUT2D eigenvalue weighted by molar-refractivity contribution is 5.32. The topological polar surface area (TPSA) is 0 Å². The van der Waals surface area contributed by atoms with Crippen molar-refractivity contribution in [2.24, 2.45) is 5.92 Å². The fourth-order valence-electron chi connectivity index (χ4n) is 2.62. The summed E-state index contributed by atoms with van der Waals surface area (Å²) in [5.41, 5.74) is 3.13. The third-order valence-electron chi connectivity index (χ3n) is 3.40. The van der Waals surface area contributed by atoms with Crippen LogP contribution < -0.4 is 0 Å². The van der Waals surface area contributed by atoms with E-state index in [-0.39, 0.29) is 0 Å². The van der Waals surface area contributed by atoms with E-state index < -0.39 is 0 Å². The molecule has 0 N–H and O–H groups in total. The Morgan fingerprint density at radius 2 is 1.86 bits per heavy atom. The smallest absolute Gasteiger partial charge is 0.00509 e. The summed E-state index contributed by atoms with van der Waals surface area (Å²) in [5, 5.41) is 0. The Balaban J connectivity index is 2.28. The van der Waals surface area contributed by atoms with Crippen molar-refractivity contribution in [1.29, 1.82) is 0 Å². The zero-order valence-corrected chi connectivity index (χ0v) is 9.03. The monoisotopic (exact) mass is 186 g/mol. The van der Waals surface area contributed by atoms with Crippen molar-refractivity contribution < 1.29 is 0 Å². The Labute approximate surface area is 86.7 Å². The molecule has 0 radical (unpaired) electrons. The van der Waals surface area contributed by atoms with E-state index in [4.69, 9.17) is 0 Å².